The third-order valence-corrected chi connectivity index (χ3v) is 4.41. The van der Waals surface area contributed by atoms with Crippen molar-refractivity contribution in [1.29, 1.82) is 0 Å². The molecule has 6 nitrogen and oxygen atoms in total. The van der Waals surface area contributed by atoms with E-state index >= 15 is 0 Å². The number of aliphatic hydroxyl groups excluding tert-OH is 1. The molecule has 0 amide bonds. The number of sulfonamides is 1. The van der Waals surface area contributed by atoms with Crippen LogP contribution in [0.4, 0.5) is 4.39 Å². The Morgan fingerprint density at radius 1 is 1.38 bits per heavy atom. The second kappa shape index (κ2) is 8.40. The second-order valence-corrected chi connectivity index (χ2v) is 6.35. The van der Waals surface area contributed by atoms with Gasteiger partial charge in [-0.15, -0.1) is 0 Å². The first-order valence-electron chi connectivity index (χ1n) is 6.47. The minimum absolute atomic E-state index is 0.158. The van der Waals surface area contributed by atoms with Crippen molar-refractivity contribution in [3.8, 4) is 0 Å². The van der Waals surface area contributed by atoms with Crippen LogP contribution < -0.4 is 4.72 Å². The van der Waals surface area contributed by atoms with Gasteiger partial charge in [0.25, 0.3) is 0 Å². The topological polar surface area (TPSA) is 78.9 Å². The van der Waals surface area contributed by atoms with Gasteiger partial charge >= 0.3 is 0 Å². The van der Waals surface area contributed by atoms with Crippen molar-refractivity contribution in [2.75, 3.05) is 40.4 Å². The number of ether oxygens (including phenoxy) is 1. The first-order chi connectivity index (χ1) is 9.90. The molecule has 0 bridgehead atoms. The molecule has 0 heterocycles. The van der Waals surface area contributed by atoms with E-state index < -0.39 is 20.7 Å². The van der Waals surface area contributed by atoms with E-state index in [4.69, 9.17) is 9.84 Å². The van der Waals surface area contributed by atoms with Gasteiger partial charge < -0.3 is 14.7 Å². The highest BCUT2D eigenvalue weighted by Gasteiger charge is 2.19. The quantitative estimate of drug-likeness (QED) is 0.678. The zero-order valence-corrected chi connectivity index (χ0v) is 13.0. The Kier molecular flexibility index (Phi) is 7.20. The summed E-state index contributed by atoms with van der Waals surface area (Å²) in [6.45, 7) is 1.51. The monoisotopic (exact) mass is 320 g/mol. The zero-order valence-electron chi connectivity index (χ0n) is 12.2. The molecule has 0 aromatic heterocycles. The number of methoxy groups -OCH3 is 1. The number of nitrogens with zero attached hydrogens (tertiary/aromatic N) is 1. The van der Waals surface area contributed by atoms with Gasteiger partial charge in [-0.25, -0.2) is 17.5 Å². The lowest BCUT2D eigenvalue weighted by Crippen LogP contribution is -2.34. The van der Waals surface area contributed by atoms with Crippen molar-refractivity contribution in [2.45, 2.75) is 11.5 Å². The van der Waals surface area contributed by atoms with Crippen LogP contribution in [-0.2, 0) is 21.4 Å². The predicted molar refractivity (Wildman–Crippen MR) is 76.9 cm³/mol. The van der Waals surface area contributed by atoms with Crippen molar-refractivity contribution in [2.24, 2.45) is 0 Å². The van der Waals surface area contributed by atoms with E-state index in [-0.39, 0.29) is 13.2 Å². The van der Waals surface area contributed by atoms with E-state index in [1.54, 1.807) is 7.11 Å². The summed E-state index contributed by atoms with van der Waals surface area (Å²) < 4.78 is 45.0. The molecule has 120 valence electrons. The standard InChI is InChI=1S/C13H21FN2O4S/c1-16(7-8-20-2)6-5-15-21(18,19)13-9-11(10-17)3-4-12(13)14/h3-4,9,15,17H,5-8,10H2,1-2H3. The fourth-order valence-electron chi connectivity index (χ4n) is 1.66. The molecule has 0 spiro atoms. The highest BCUT2D eigenvalue weighted by Crippen LogP contribution is 2.16. The zero-order chi connectivity index (χ0) is 15.9. The average Bonchev–Trinajstić information content (AvgIpc) is 2.45. The molecule has 0 aliphatic carbocycles. The number of nitrogens with one attached hydrogen (secondary N) is 1. The van der Waals surface area contributed by atoms with Gasteiger partial charge in [-0.3, -0.25) is 0 Å². The third-order valence-electron chi connectivity index (χ3n) is 2.93. The van der Waals surface area contributed by atoms with Crippen LogP contribution in [0.15, 0.2) is 23.1 Å². The second-order valence-electron chi connectivity index (χ2n) is 4.62. The van der Waals surface area contributed by atoms with Crippen LogP contribution in [0.5, 0.6) is 0 Å². The van der Waals surface area contributed by atoms with Gasteiger partial charge in [0.2, 0.25) is 10.0 Å². The molecule has 0 unspecified atom stereocenters. The number of aliphatic hydroxyl groups is 1. The Morgan fingerprint density at radius 2 is 2.10 bits per heavy atom. The molecular formula is C13H21FN2O4S. The van der Waals surface area contributed by atoms with Crippen LogP contribution in [0.25, 0.3) is 0 Å². The number of hydrogen-bond acceptors (Lipinski definition) is 5. The Balaban J connectivity index is 2.65. The molecule has 2 N–H and O–H groups in total. The van der Waals surface area contributed by atoms with Crippen LogP contribution in [0.2, 0.25) is 0 Å². The maximum atomic E-state index is 13.6. The molecule has 0 fully saturated rings. The van der Waals surface area contributed by atoms with E-state index in [0.717, 1.165) is 12.1 Å². The molecule has 0 aliphatic rings. The van der Waals surface area contributed by atoms with Crippen molar-refractivity contribution in [1.82, 2.24) is 9.62 Å². The molecular weight excluding hydrogens is 299 g/mol. The van der Waals surface area contributed by atoms with Crippen LogP contribution in [0.3, 0.4) is 0 Å². The normalized spacial score (nSPS) is 12.0. The van der Waals surface area contributed by atoms with E-state index in [0.29, 0.717) is 25.3 Å². The van der Waals surface area contributed by atoms with Gasteiger partial charge in [-0.05, 0) is 24.7 Å². The van der Waals surface area contributed by atoms with E-state index in [2.05, 4.69) is 4.72 Å². The van der Waals surface area contributed by atoms with Crippen LogP contribution in [-0.4, -0.2) is 58.8 Å². The molecule has 0 radical (unpaired) electrons. The lowest BCUT2D eigenvalue weighted by Gasteiger charge is -2.16. The smallest absolute Gasteiger partial charge is 0.243 e. The molecule has 0 aliphatic heterocycles. The summed E-state index contributed by atoms with van der Waals surface area (Å²) in [6, 6.07) is 3.50. The molecule has 0 saturated carbocycles. The van der Waals surface area contributed by atoms with E-state index in [1.165, 1.54) is 6.07 Å². The van der Waals surface area contributed by atoms with Gasteiger partial charge in [-0.1, -0.05) is 6.07 Å². The predicted octanol–water partition coefficient (Wildman–Crippen LogP) is 0.175. The molecule has 8 heteroatoms. The molecule has 21 heavy (non-hydrogen) atoms. The summed E-state index contributed by atoms with van der Waals surface area (Å²) in [4.78, 5) is 1.44. The molecule has 0 saturated heterocycles. The Bertz CT molecular complexity index is 551. The highest BCUT2D eigenvalue weighted by molar-refractivity contribution is 7.89. The van der Waals surface area contributed by atoms with Crippen molar-refractivity contribution >= 4 is 10.0 Å². The maximum Gasteiger partial charge on any atom is 0.243 e. The Hall–Kier alpha value is -1.06. The first-order valence-corrected chi connectivity index (χ1v) is 7.95. The summed E-state index contributed by atoms with van der Waals surface area (Å²) in [6.07, 6.45) is 0. The van der Waals surface area contributed by atoms with Crippen LogP contribution in [0, 0.1) is 5.82 Å². The summed E-state index contributed by atoms with van der Waals surface area (Å²) in [7, 11) is -0.509. The summed E-state index contributed by atoms with van der Waals surface area (Å²) in [5.41, 5.74) is 0.342. The summed E-state index contributed by atoms with van der Waals surface area (Å²) >= 11 is 0. The lowest BCUT2D eigenvalue weighted by atomic mass is 10.2. The van der Waals surface area contributed by atoms with Gasteiger partial charge in [0.05, 0.1) is 13.2 Å². The minimum atomic E-state index is -3.93. The van der Waals surface area contributed by atoms with Crippen LogP contribution >= 0.6 is 0 Å². The average molecular weight is 320 g/mol. The van der Waals surface area contributed by atoms with E-state index in [1.807, 2.05) is 11.9 Å². The largest absolute Gasteiger partial charge is 0.392 e. The van der Waals surface area contributed by atoms with E-state index in [9.17, 15) is 12.8 Å². The maximum absolute atomic E-state index is 13.6. The Morgan fingerprint density at radius 3 is 2.71 bits per heavy atom. The minimum Gasteiger partial charge on any atom is -0.392 e. The number of rotatable bonds is 9. The summed E-state index contributed by atoms with van der Waals surface area (Å²) in [5.74, 6) is -0.840. The Labute approximate surface area is 124 Å². The van der Waals surface area contributed by atoms with Crippen molar-refractivity contribution in [3.05, 3.63) is 29.6 Å². The molecule has 0 atom stereocenters. The number of hydrogen-bond donors (Lipinski definition) is 2. The van der Waals surface area contributed by atoms with Gasteiger partial charge in [0.1, 0.15) is 10.7 Å². The fourth-order valence-corrected chi connectivity index (χ4v) is 2.81. The number of likely N-dealkylation sites (N-methyl/N-ethyl adjacent to an activating group) is 1. The van der Waals surface area contributed by atoms with Gasteiger partial charge in [-0.2, -0.15) is 0 Å². The fraction of sp³-hybridized carbons (Fsp3) is 0.538. The van der Waals surface area contributed by atoms with Gasteiger partial charge in [0.15, 0.2) is 0 Å². The molecule has 1 aromatic rings. The van der Waals surface area contributed by atoms with Gasteiger partial charge in [0, 0.05) is 26.7 Å². The molecule has 1 rings (SSSR count). The summed E-state index contributed by atoms with van der Waals surface area (Å²) in [5, 5.41) is 8.99. The lowest BCUT2D eigenvalue weighted by molar-refractivity contribution is 0.162. The SMILES string of the molecule is COCCN(C)CCNS(=O)(=O)c1cc(CO)ccc1F. The van der Waals surface area contributed by atoms with Crippen molar-refractivity contribution in [3.63, 3.8) is 0 Å². The van der Waals surface area contributed by atoms with Crippen LogP contribution in [0.1, 0.15) is 5.56 Å². The first kappa shape index (κ1) is 18.0. The highest BCUT2D eigenvalue weighted by atomic mass is 32.2. The van der Waals surface area contributed by atoms with Crippen molar-refractivity contribution < 1.29 is 22.7 Å². The number of benzene rings is 1. The number of halogens is 1. The molecule has 1 aromatic carbocycles. The third kappa shape index (κ3) is 5.68.